The molecule has 0 saturated heterocycles. The van der Waals surface area contributed by atoms with Crippen LogP contribution in [0.4, 0.5) is 5.95 Å². The molecule has 1 heterocycles. The van der Waals surface area contributed by atoms with E-state index >= 15 is 0 Å². The van der Waals surface area contributed by atoms with Crippen molar-refractivity contribution in [2.45, 2.75) is 45.6 Å². The summed E-state index contributed by atoms with van der Waals surface area (Å²) in [6.45, 7) is 3.11. The predicted octanol–water partition coefficient (Wildman–Crippen LogP) is 6.12. The average Bonchev–Trinajstić information content (AvgIpc) is 3.00. The molecule has 0 aliphatic carbocycles. The van der Waals surface area contributed by atoms with Gasteiger partial charge in [0.15, 0.2) is 0 Å². The highest BCUT2D eigenvalue weighted by molar-refractivity contribution is 6.30. The van der Waals surface area contributed by atoms with Gasteiger partial charge in [0.05, 0.1) is 11.0 Å². The molecule has 0 aliphatic heterocycles. The third-order valence-corrected chi connectivity index (χ3v) is 4.66. The first-order chi connectivity index (χ1) is 12.7. The van der Waals surface area contributed by atoms with Crippen LogP contribution in [0, 0.1) is 0 Å². The summed E-state index contributed by atoms with van der Waals surface area (Å²) < 4.78 is 2.15. The number of para-hydroxylation sites is 2. The molecule has 5 heteroatoms. The smallest absolute Gasteiger partial charge is 0.230 e. The van der Waals surface area contributed by atoms with E-state index in [1.807, 2.05) is 18.2 Å². The summed E-state index contributed by atoms with van der Waals surface area (Å²) in [7, 11) is 0. The molecule has 0 amide bonds. The van der Waals surface area contributed by atoms with Crippen LogP contribution >= 0.6 is 11.6 Å². The van der Waals surface area contributed by atoms with E-state index in [2.05, 4.69) is 27.5 Å². The molecule has 0 radical (unpaired) electrons. The summed E-state index contributed by atoms with van der Waals surface area (Å²) in [5.74, 6) is 0.807. The van der Waals surface area contributed by atoms with E-state index in [1.165, 1.54) is 25.7 Å². The zero-order chi connectivity index (χ0) is 18.4. The van der Waals surface area contributed by atoms with E-state index in [9.17, 15) is 5.11 Å². The summed E-state index contributed by atoms with van der Waals surface area (Å²) in [6.07, 6.45) is 7.72. The number of phenolic OH excluding ortho intramolecular Hbond substituents is 1. The number of phenols is 1. The van der Waals surface area contributed by atoms with E-state index in [0.29, 0.717) is 16.5 Å². The number of nitrogens with zero attached hydrogens (tertiary/aromatic N) is 3. The van der Waals surface area contributed by atoms with E-state index in [-0.39, 0.29) is 5.75 Å². The molecule has 3 aromatic rings. The molecule has 0 unspecified atom stereocenters. The number of aryl methyl sites for hydroxylation is 1. The van der Waals surface area contributed by atoms with E-state index in [4.69, 9.17) is 11.6 Å². The third-order valence-electron chi connectivity index (χ3n) is 4.43. The van der Waals surface area contributed by atoms with Gasteiger partial charge in [0.1, 0.15) is 5.75 Å². The Balaban J connectivity index is 1.85. The van der Waals surface area contributed by atoms with Gasteiger partial charge in [-0.3, -0.25) is 0 Å². The van der Waals surface area contributed by atoms with E-state index in [0.717, 1.165) is 24.0 Å². The summed E-state index contributed by atoms with van der Waals surface area (Å²) in [4.78, 5) is 9.18. The Morgan fingerprint density at radius 1 is 1.12 bits per heavy atom. The lowest BCUT2D eigenvalue weighted by atomic mass is 10.1. The van der Waals surface area contributed by atoms with Gasteiger partial charge in [-0.25, -0.2) is 9.98 Å². The monoisotopic (exact) mass is 369 g/mol. The summed E-state index contributed by atoms with van der Waals surface area (Å²) in [6, 6.07) is 13.0. The van der Waals surface area contributed by atoms with Crippen molar-refractivity contribution in [1.82, 2.24) is 9.55 Å². The zero-order valence-corrected chi connectivity index (χ0v) is 15.8. The van der Waals surface area contributed by atoms with Crippen molar-refractivity contribution in [1.29, 1.82) is 0 Å². The number of aromatic hydroxyl groups is 1. The third kappa shape index (κ3) is 4.44. The highest BCUT2D eigenvalue weighted by atomic mass is 35.5. The Labute approximate surface area is 159 Å². The molecule has 0 atom stereocenters. The van der Waals surface area contributed by atoms with Crippen molar-refractivity contribution in [3.8, 4) is 5.75 Å². The van der Waals surface area contributed by atoms with Crippen molar-refractivity contribution in [3.05, 3.63) is 53.1 Å². The van der Waals surface area contributed by atoms with Gasteiger partial charge in [0.2, 0.25) is 5.95 Å². The van der Waals surface area contributed by atoms with Crippen LogP contribution in [-0.2, 0) is 6.54 Å². The number of imidazole rings is 1. The molecule has 136 valence electrons. The van der Waals surface area contributed by atoms with Crippen molar-refractivity contribution in [2.24, 2.45) is 4.99 Å². The molecule has 1 N–H and O–H groups in total. The normalized spacial score (nSPS) is 11.6. The van der Waals surface area contributed by atoms with Crippen LogP contribution in [0.2, 0.25) is 5.02 Å². The summed E-state index contributed by atoms with van der Waals surface area (Å²) in [5, 5.41) is 10.5. The van der Waals surface area contributed by atoms with Gasteiger partial charge in [0, 0.05) is 23.3 Å². The molecule has 0 bridgehead atoms. The number of unbranched alkanes of at least 4 members (excludes halogenated alkanes) is 4. The number of benzene rings is 2. The van der Waals surface area contributed by atoms with Gasteiger partial charge in [-0.1, -0.05) is 56.3 Å². The molecular weight excluding hydrogens is 346 g/mol. The van der Waals surface area contributed by atoms with Gasteiger partial charge in [0.25, 0.3) is 0 Å². The fraction of sp³-hybridized carbons (Fsp3) is 0.333. The van der Waals surface area contributed by atoms with Gasteiger partial charge in [-0.05, 0) is 36.8 Å². The molecule has 1 aromatic heterocycles. The number of rotatable bonds is 8. The maximum absolute atomic E-state index is 9.97. The van der Waals surface area contributed by atoms with Gasteiger partial charge in [-0.2, -0.15) is 0 Å². The zero-order valence-electron chi connectivity index (χ0n) is 15.0. The Morgan fingerprint density at radius 2 is 1.92 bits per heavy atom. The minimum absolute atomic E-state index is 0.153. The largest absolute Gasteiger partial charge is 0.507 e. The van der Waals surface area contributed by atoms with Crippen molar-refractivity contribution < 1.29 is 5.11 Å². The number of halogens is 1. The molecule has 0 aliphatic rings. The summed E-state index contributed by atoms with van der Waals surface area (Å²) in [5.41, 5.74) is 2.60. The lowest BCUT2D eigenvalue weighted by Crippen LogP contribution is -1.98. The molecule has 4 nitrogen and oxygen atoms in total. The SMILES string of the molecule is CCCCCCCn1c(N=Cc2cc(Cl)ccc2O)nc2ccccc21. The Kier molecular flexibility index (Phi) is 6.29. The fourth-order valence-corrected chi connectivity index (χ4v) is 3.19. The predicted molar refractivity (Wildman–Crippen MR) is 109 cm³/mol. The molecule has 0 saturated carbocycles. The maximum atomic E-state index is 9.97. The minimum Gasteiger partial charge on any atom is -0.507 e. The van der Waals surface area contributed by atoms with Crippen molar-refractivity contribution >= 4 is 34.8 Å². The number of aromatic nitrogens is 2. The van der Waals surface area contributed by atoms with Crippen LogP contribution in [0.3, 0.4) is 0 Å². The van der Waals surface area contributed by atoms with E-state index in [1.54, 1.807) is 24.4 Å². The van der Waals surface area contributed by atoms with Crippen LogP contribution in [0.5, 0.6) is 5.75 Å². The fourth-order valence-electron chi connectivity index (χ4n) is 3.01. The van der Waals surface area contributed by atoms with E-state index < -0.39 is 0 Å². The van der Waals surface area contributed by atoms with Gasteiger partial charge < -0.3 is 9.67 Å². The molecule has 0 fully saturated rings. The standard InChI is InChI=1S/C21H24ClN3O/c1-2-3-4-5-8-13-25-19-10-7-6-9-18(19)24-21(25)23-15-16-14-17(22)11-12-20(16)26/h6-7,9-12,14-15,26H,2-5,8,13H2,1H3. The molecule has 0 spiro atoms. The maximum Gasteiger partial charge on any atom is 0.230 e. The van der Waals surface area contributed by atoms with Gasteiger partial charge >= 0.3 is 0 Å². The van der Waals surface area contributed by atoms with Crippen LogP contribution < -0.4 is 0 Å². The molecular formula is C21H24ClN3O. The Morgan fingerprint density at radius 3 is 2.77 bits per heavy atom. The number of hydrogen-bond acceptors (Lipinski definition) is 3. The second kappa shape index (κ2) is 8.86. The van der Waals surface area contributed by atoms with Crippen LogP contribution in [0.1, 0.15) is 44.6 Å². The Bertz CT molecular complexity index is 901. The van der Waals surface area contributed by atoms with Crippen molar-refractivity contribution in [2.75, 3.05) is 0 Å². The first kappa shape index (κ1) is 18.5. The topological polar surface area (TPSA) is 50.4 Å². The molecule has 2 aromatic carbocycles. The Hall–Kier alpha value is -2.33. The second-order valence-electron chi connectivity index (χ2n) is 6.43. The minimum atomic E-state index is 0.153. The molecule has 26 heavy (non-hydrogen) atoms. The first-order valence-electron chi connectivity index (χ1n) is 9.17. The average molecular weight is 370 g/mol. The summed E-state index contributed by atoms with van der Waals surface area (Å²) >= 11 is 6.01. The van der Waals surface area contributed by atoms with Gasteiger partial charge in [-0.15, -0.1) is 0 Å². The lowest BCUT2D eigenvalue weighted by Gasteiger charge is -2.06. The first-order valence-corrected chi connectivity index (χ1v) is 9.54. The second-order valence-corrected chi connectivity index (χ2v) is 6.86. The number of aliphatic imine (C=N–C) groups is 1. The number of fused-ring (bicyclic) bond motifs is 1. The van der Waals surface area contributed by atoms with Crippen LogP contribution in [-0.4, -0.2) is 20.9 Å². The number of hydrogen-bond donors (Lipinski definition) is 1. The highest BCUT2D eigenvalue weighted by Crippen LogP contribution is 2.24. The quantitative estimate of drug-likeness (QED) is 0.384. The van der Waals surface area contributed by atoms with Crippen molar-refractivity contribution in [3.63, 3.8) is 0 Å². The molecule has 3 rings (SSSR count). The lowest BCUT2D eigenvalue weighted by molar-refractivity contribution is 0.474. The van der Waals surface area contributed by atoms with Crippen LogP contribution in [0.15, 0.2) is 47.5 Å². The highest BCUT2D eigenvalue weighted by Gasteiger charge is 2.09. The van der Waals surface area contributed by atoms with Crippen LogP contribution in [0.25, 0.3) is 11.0 Å².